The third-order valence-electron chi connectivity index (χ3n) is 3.09. The first-order valence-electron chi connectivity index (χ1n) is 5.93. The van der Waals surface area contributed by atoms with E-state index in [2.05, 4.69) is 5.10 Å². The van der Waals surface area contributed by atoms with Crippen LogP contribution in [0.5, 0.6) is 0 Å². The van der Waals surface area contributed by atoms with Gasteiger partial charge in [-0.15, -0.1) is 0 Å². The Morgan fingerprint density at radius 2 is 2.00 bits per heavy atom. The fourth-order valence-electron chi connectivity index (χ4n) is 1.92. The third-order valence-corrected chi connectivity index (χ3v) is 3.09. The van der Waals surface area contributed by atoms with Crippen molar-refractivity contribution in [2.24, 2.45) is 5.92 Å². The summed E-state index contributed by atoms with van der Waals surface area (Å²) in [4.78, 5) is 11.7. The number of aromatic nitrogens is 2. The Balaban J connectivity index is 1.76. The summed E-state index contributed by atoms with van der Waals surface area (Å²) in [5.74, 6) is 0.618. The molecule has 3 heteroatoms. The van der Waals surface area contributed by atoms with Crippen molar-refractivity contribution >= 4 is 5.78 Å². The molecule has 0 atom stereocenters. The minimum atomic E-state index is 0.305. The molecular weight excluding hydrogens is 212 g/mol. The van der Waals surface area contributed by atoms with Crippen LogP contribution in [0.4, 0.5) is 0 Å². The number of rotatable bonds is 4. The lowest BCUT2D eigenvalue weighted by atomic mass is 10.1. The Bertz CT molecular complexity index is 526. The smallest absolute Gasteiger partial charge is 0.157 e. The summed E-state index contributed by atoms with van der Waals surface area (Å²) >= 11 is 0. The molecule has 1 aliphatic rings. The van der Waals surface area contributed by atoms with E-state index in [0.29, 0.717) is 18.2 Å². The monoisotopic (exact) mass is 226 g/mol. The minimum Gasteiger partial charge on any atom is -0.297 e. The van der Waals surface area contributed by atoms with Gasteiger partial charge in [0.25, 0.3) is 0 Å². The highest BCUT2D eigenvalue weighted by Gasteiger charge is 2.29. The van der Waals surface area contributed by atoms with E-state index in [4.69, 9.17) is 0 Å². The van der Waals surface area contributed by atoms with Gasteiger partial charge in [0, 0.05) is 17.7 Å². The topological polar surface area (TPSA) is 34.9 Å². The van der Waals surface area contributed by atoms with E-state index in [9.17, 15) is 4.79 Å². The second-order valence-corrected chi connectivity index (χ2v) is 4.53. The Morgan fingerprint density at radius 3 is 2.71 bits per heavy atom. The number of benzene rings is 1. The first kappa shape index (κ1) is 10.3. The molecule has 0 unspecified atom stereocenters. The Hall–Kier alpha value is -1.90. The van der Waals surface area contributed by atoms with E-state index < -0.39 is 0 Å². The molecule has 0 amide bonds. The van der Waals surface area contributed by atoms with E-state index in [1.165, 1.54) is 0 Å². The van der Waals surface area contributed by atoms with Crippen molar-refractivity contribution < 1.29 is 4.79 Å². The highest BCUT2D eigenvalue weighted by molar-refractivity contribution is 5.82. The zero-order valence-corrected chi connectivity index (χ0v) is 9.54. The van der Waals surface area contributed by atoms with Crippen molar-refractivity contribution in [2.75, 3.05) is 0 Å². The second-order valence-electron chi connectivity index (χ2n) is 4.53. The molecular formula is C14H14N2O. The maximum absolute atomic E-state index is 11.7. The average Bonchev–Trinajstić information content (AvgIpc) is 3.12. The Kier molecular flexibility index (Phi) is 2.52. The molecule has 0 spiro atoms. The molecule has 1 saturated carbocycles. The lowest BCUT2D eigenvalue weighted by molar-refractivity contribution is -0.120. The van der Waals surface area contributed by atoms with Crippen LogP contribution >= 0.6 is 0 Å². The third kappa shape index (κ3) is 2.28. The number of ketones is 1. The molecule has 0 aliphatic heterocycles. The van der Waals surface area contributed by atoms with Gasteiger partial charge in [0.15, 0.2) is 5.78 Å². The molecule has 1 aliphatic carbocycles. The van der Waals surface area contributed by atoms with Gasteiger partial charge in [0.05, 0.1) is 12.7 Å². The number of carbonyl (C=O) groups is 1. The van der Waals surface area contributed by atoms with Gasteiger partial charge in [-0.3, -0.25) is 9.48 Å². The lowest BCUT2D eigenvalue weighted by Crippen LogP contribution is -2.11. The predicted octanol–water partition coefficient (Wildman–Crippen LogP) is 2.53. The zero-order chi connectivity index (χ0) is 11.7. The standard InChI is InChI=1S/C14H14N2O/c17-14(12-6-7-12)10-16-9-13(8-15-16)11-4-2-1-3-5-11/h1-5,8-9,12H,6-7,10H2. The number of Topliss-reactive ketones (excluding diaryl/α,β-unsaturated/α-hetero) is 1. The number of nitrogens with zero attached hydrogens (tertiary/aromatic N) is 2. The summed E-state index contributed by atoms with van der Waals surface area (Å²) in [7, 11) is 0. The van der Waals surface area contributed by atoms with Gasteiger partial charge in [-0.2, -0.15) is 5.10 Å². The van der Waals surface area contributed by atoms with Crippen LogP contribution in [-0.2, 0) is 11.3 Å². The van der Waals surface area contributed by atoms with Crippen LogP contribution in [0.25, 0.3) is 11.1 Å². The van der Waals surface area contributed by atoms with Crippen molar-refractivity contribution in [3.05, 3.63) is 42.7 Å². The molecule has 2 aromatic rings. The van der Waals surface area contributed by atoms with E-state index in [0.717, 1.165) is 24.0 Å². The maximum atomic E-state index is 11.7. The zero-order valence-electron chi connectivity index (χ0n) is 9.54. The van der Waals surface area contributed by atoms with Crippen molar-refractivity contribution in [1.82, 2.24) is 9.78 Å². The van der Waals surface area contributed by atoms with Crippen LogP contribution in [0.3, 0.4) is 0 Å². The van der Waals surface area contributed by atoms with Gasteiger partial charge < -0.3 is 0 Å². The molecule has 0 N–H and O–H groups in total. The van der Waals surface area contributed by atoms with Gasteiger partial charge in [-0.05, 0) is 18.4 Å². The van der Waals surface area contributed by atoms with E-state index in [1.807, 2.05) is 42.7 Å². The summed E-state index contributed by atoms with van der Waals surface area (Å²) in [6, 6.07) is 10.1. The summed E-state index contributed by atoms with van der Waals surface area (Å²) in [5, 5.41) is 4.24. The first-order valence-corrected chi connectivity index (χ1v) is 5.93. The largest absolute Gasteiger partial charge is 0.297 e. The fraction of sp³-hybridized carbons (Fsp3) is 0.286. The maximum Gasteiger partial charge on any atom is 0.157 e. The fourth-order valence-corrected chi connectivity index (χ4v) is 1.92. The van der Waals surface area contributed by atoms with Gasteiger partial charge in [-0.25, -0.2) is 0 Å². The molecule has 0 radical (unpaired) electrons. The molecule has 1 aromatic carbocycles. The van der Waals surface area contributed by atoms with Crippen LogP contribution < -0.4 is 0 Å². The average molecular weight is 226 g/mol. The molecule has 17 heavy (non-hydrogen) atoms. The van der Waals surface area contributed by atoms with E-state index in [-0.39, 0.29) is 0 Å². The molecule has 1 aromatic heterocycles. The summed E-state index contributed by atoms with van der Waals surface area (Å²) in [6.45, 7) is 0.414. The van der Waals surface area contributed by atoms with Gasteiger partial charge in [0.2, 0.25) is 0 Å². The lowest BCUT2D eigenvalue weighted by Gasteiger charge is -1.98. The van der Waals surface area contributed by atoms with E-state index in [1.54, 1.807) is 4.68 Å². The highest BCUT2D eigenvalue weighted by Crippen LogP contribution is 2.30. The number of hydrogen-bond donors (Lipinski definition) is 0. The van der Waals surface area contributed by atoms with Crippen molar-refractivity contribution in [3.8, 4) is 11.1 Å². The van der Waals surface area contributed by atoms with Gasteiger partial charge in [-0.1, -0.05) is 30.3 Å². The normalized spacial score (nSPS) is 14.8. The van der Waals surface area contributed by atoms with Crippen molar-refractivity contribution in [3.63, 3.8) is 0 Å². The number of hydrogen-bond acceptors (Lipinski definition) is 2. The predicted molar refractivity (Wildman–Crippen MR) is 65.4 cm³/mol. The number of carbonyl (C=O) groups excluding carboxylic acids is 1. The van der Waals surface area contributed by atoms with Gasteiger partial charge in [0.1, 0.15) is 0 Å². The summed E-state index contributed by atoms with van der Waals surface area (Å²) in [6.07, 6.45) is 5.88. The Morgan fingerprint density at radius 1 is 1.24 bits per heavy atom. The van der Waals surface area contributed by atoms with Crippen LogP contribution in [0, 0.1) is 5.92 Å². The molecule has 1 heterocycles. The first-order chi connectivity index (χ1) is 8.33. The quantitative estimate of drug-likeness (QED) is 0.803. The molecule has 3 nitrogen and oxygen atoms in total. The molecule has 3 rings (SSSR count). The molecule has 1 fully saturated rings. The molecule has 0 saturated heterocycles. The van der Waals surface area contributed by atoms with Crippen LogP contribution in [0.15, 0.2) is 42.7 Å². The van der Waals surface area contributed by atoms with Crippen LogP contribution in [0.1, 0.15) is 12.8 Å². The van der Waals surface area contributed by atoms with Crippen molar-refractivity contribution in [1.29, 1.82) is 0 Å². The second kappa shape index (κ2) is 4.17. The van der Waals surface area contributed by atoms with Crippen LogP contribution in [-0.4, -0.2) is 15.6 Å². The van der Waals surface area contributed by atoms with Gasteiger partial charge >= 0.3 is 0 Å². The van der Waals surface area contributed by atoms with Crippen molar-refractivity contribution in [2.45, 2.75) is 19.4 Å². The van der Waals surface area contributed by atoms with E-state index >= 15 is 0 Å². The molecule has 86 valence electrons. The van der Waals surface area contributed by atoms with Crippen LogP contribution in [0.2, 0.25) is 0 Å². The minimum absolute atomic E-state index is 0.305. The SMILES string of the molecule is O=C(Cn1cc(-c2ccccc2)cn1)C1CC1. The summed E-state index contributed by atoms with van der Waals surface area (Å²) in [5.41, 5.74) is 2.20. The Labute approximate surface area is 100 Å². The highest BCUT2D eigenvalue weighted by atomic mass is 16.1. The summed E-state index contributed by atoms with van der Waals surface area (Å²) < 4.78 is 1.74. The molecule has 0 bridgehead atoms.